The molecule has 1 heterocycles. The van der Waals surface area contributed by atoms with E-state index in [1.807, 2.05) is 0 Å². The van der Waals surface area contributed by atoms with Crippen molar-refractivity contribution < 1.29 is 4.79 Å². The van der Waals surface area contributed by atoms with Crippen molar-refractivity contribution in [1.29, 1.82) is 0 Å². The van der Waals surface area contributed by atoms with Crippen LogP contribution in [0.1, 0.15) is 12.8 Å². The van der Waals surface area contributed by atoms with Gasteiger partial charge in [0.15, 0.2) is 0 Å². The number of likely N-dealkylation sites (tertiary alicyclic amines) is 1. The highest BCUT2D eigenvalue weighted by atomic mass is 16.1. The first-order valence-electron chi connectivity index (χ1n) is 3.45. The van der Waals surface area contributed by atoms with E-state index in [9.17, 15) is 4.79 Å². The van der Waals surface area contributed by atoms with E-state index in [4.69, 9.17) is 0 Å². The van der Waals surface area contributed by atoms with E-state index in [0.29, 0.717) is 5.92 Å². The molecule has 0 saturated carbocycles. The highest BCUT2D eigenvalue weighted by Crippen LogP contribution is 2.15. The second-order valence-corrected chi connectivity index (χ2v) is 2.82. The third-order valence-electron chi connectivity index (χ3n) is 1.92. The van der Waals surface area contributed by atoms with Crippen LogP contribution < -0.4 is 0 Å². The minimum atomic E-state index is 0.646. The summed E-state index contributed by atoms with van der Waals surface area (Å²) >= 11 is 0. The summed E-state index contributed by atoms with van der Waals surface area (Å²) in [6.45, 7) is 2.28. The molecule has 0 amide bonds. The van der Waals surface area contributed by atoms with Crippen molar-refractivity contribution in [2.45, 2.75) is 12.8 Å². The number of nitrogens with zero attached hydrogens (tertiary/aromatic N) is 1. The maximum absolute atomic E-state index is 10.0. The molecular weight excluding hydrogens is 114 g/mol. The van der Waals surface area contributed by atoms with Gasteiger partial charge in [-0.15, -0.1) is 0 Å². The van der Waals surface area contributed by atoms with Crippen molar-refractivity contribution in [3.8, 4) is 0 Å². The Kier molecular flexibility index (Phi) is 2.22. The molecule has 0 aliphatic carbocycles. The predicted octanol–water partition coefficient (Wildman–Crippen LogP) is 0.527. The third-order valence-corrected chi connectivity index (χ3v) is 1.92. The highest BCUT2D eigenvalue weighted by Gasteiger charge is 2.17. The number of rotatable bonds is 2. The molecule has 0 aromatic heterocycles. The summed E-state index contributed by atoms with van der Waals surface area (Å²) in [5.74, 6) is 0.646. The Bertz CT molecular complexity index is 103. The molecule has 0 aromatic rings. The third kappa shape index (κ3) is 1.79. The van der Waals surface area contributed by atoms with E-state index in [-0.39, 0.29) is 0 Å². The number of carbonyl (C=O) groups excluding carboxylic acids is 1. The molecule has 2 heteroatoms. The minimum absolute atomic E-state index is 0.646. The van der Waals surface area contributed by atoms with E-state index in [0.717, 1.165) is 19.3 Å². The van der Waals surface area contributed by atoms with Gasteiger partial charge in [0.05, 0.1) is 0 Å². The molecule has 1 aliphatic rings. The Labute approximate surface area is 55.8 Å². The molecule has 0 bridgehead atoms. The van der Waals surface area contributed by atoms with Crippen LogP contribution in [0.15, 0.2) is 0 Å². The van der Waals surface area contributed by atoms with Crippen molar-refractivity contribution in [2.75, 3.05) is 20.1 Å². The van der Waals surface area contributed by atoms with Crippen LogP contribution in [0.5, 0.6) is 0 Å². The number of hydrogen-bond acceptors (Lipinski definition) is 2. The fraction of sp³-hybridized carbons (Fsp3) is 0.857. The van der Waals surface area contributed by atoms with E-state index in [1.54, 1.807) is 0 Å². The van der Waals surface area contributed by atoms with Crippen molar-refractivity contribution in [3.05, 3.63) is 0 Å². The number of carbonyl (C=O) groups is 1. The van der Waals surface area contributed by atoms with E-state index < -0.39 is 0 Å². The molecule has 1 rings (SSSR count). The van der Waals surface area contributed by atoms with Gasteiger partial charge in [0, 0.05) is 13.0 Å². The Hall–Kier alpha value is -0.370. The molecule has 0 N–H and O–H groups in total. The standard InChI is InChI=1S/C7H13NO/c1-8-4-2-7(6-8)3-5-9/h5,7H,2-4,6H2,1H3. The maximum atomic E-state index is 10.0. The van der Waals surface area contributed by atoms with Crippen LogP contribution in [0.3, 0.4) is 0 Å². The molecule has 1 aliphatic heterocycles. The van der Waals surface area contributed by atoms with Crippen molar-refractivity contribution in [1.82, 2.24) is 4.90 Å². The molecule has 1 saturated heterocycles. The fourth-order valence-electron chi connectivity index (χ4n) is 1.35. The zero-order valence-corrected chi connectivity index (χ0v) is 5.84. The monoisotopic (exact) mass is 127 g/mol. The average Bonchev–Trinajstić information content (AvgIpc) is 2.17. The second-order valence-electron chi connectivity index (χ2n) is 2.82. The largest absolute Gasteiger partial charge is 0.306 e. The molecule has 1 unspecified atom stereocenters. The highest BCUT2D eigenvalue weighted by molar-refractivity contribution is 5.49. The quantitative estimate of drug-likeness (QED) is 0.504. The summed E-state index contributed by atoms with van der Waals surface area (Å²) in [5, 5.41) is 0. The first-order valence-corrected chi connectivity index (χ1v) is 3.45. The topological polar surface area (TPSA) is 20.3 Å². The molecule has 1 atom stereocenters. The number of aldehydes is 1. The van der Waals surface area contributed by atoms with Crippen molar-refractivity contribution >= 4 is 6.29 Å². The first kappa shape index (κ1) is 6.75. The average molecular weight is 127 g/mol. The molecule has 0 radical (unpaired) electrons. The van der Waals surface area contributed by atoms with Gasteiger partial charge in [-0.2, -0.15) is 0 Å². The van der Waals surface area contributed by atoms with E-state index >= 15 is 0 Å². The smallest absolute Gasteiger partial charge is 0.120 e. The maximum Gasteiger partial charge on any atom is 0.120 e. The van der Waals surface area contributed by atoms with Crippen LogP contribution in [0.2, 0.25) is 0 Å². The van der Waals surface area contributed by atoms with Gasteiger partial charge < -0.3 is 9.69 Å². The summed E-state index contributed by atoms with van der Waals surface area (Å²) < 4.78 is 0. The van der Waals surface area contributed by atoms with Gasteiger partial charge >= 0.3 is 0 Å². The van der Waals surface area contributed by atoms with Gasteiger partial charge in [-0.25, -0.2) is 0 Å². The summed E-state index contributed by atoms with van der Waals surface area (Å²) in [6.07, 6.45) is 2.99. The zero-order chi connectivity index (χ0) is 6.69. The van der Waals surface area contributed by atoms with Gasteiger partial charge in [0.2, 0.25) is 0 Å². The van der Waals surface area contributed by atoms with Crippen LogP contribution in [0.4, 0.5) is 0 Å². The van der Waals surface area contributed by atoms with Gasteiger partial charge in [-0.05, 0) is 25.9 Å². The van der Waals surface area contributed by atoms with E-state index in [1.165, 1.54) is 13.0 Å². The summed E-state index contributed by atoms with van der Waals surface area (Å²) in [4.78, 5) is 12.3. The molecule has 52 valence electrons. The van der Waals surface area contributed by atoms with Gasteiger partial charge in [-0.3, -0.25) is 0 Å². The van der Waals surface area contributed by atoms with Crippen LogP contribution in [-0.2, 0) is 4.79 Å². The van der Waals surface area contributed by atoms with Crippen LogP contribution in [0, 0.1) is 5.92 Å². The van der Waals surface area contributed by atoms with Gasteiger partial charge in [-0.1, -0.05) is 0 Å². The van der Waals surface area contributed by atoms with Gasteiger partial charge in [0.1, 0.15) is 6.29 Å². The van der Waals surface area contributed by atoms with Crippen LogP contribution in [0.25, 0.3) is 0 Å². The molecule has 9 heavy (non-hydrogen) atoms. The lowest BCUT2D eigenvalue weighted by Crippen LogP contribution is -2.13. The number of hydrogen-bond donors (Lipinski definition) is 0. The normalized spacial score (nSPS) is 28.8. The Morgan fingerprint density at radius 3 is 3.00 bits per heavy atom. The fourth-order valence-corrected chi connectivity index (χ4v) is 1.35. The SMILES string of the molecule is CN1CCC(CC=O)C1. The predicted molar refractivity (Wildman–Crippen MR) is 36.3 cm³/mol. The lowest BCUT2D eigenvalue weighted by Gasteiger charge is -2.05. The molecule has 1 fully saturated rings. The summed E-state index contributed by atoms with van der Waals surface area (Å²) in [7, 11) is 2.10. The Balaban J connectivity index is 2.21. The Morgan fingerprint density at radius 1 is 1.78 bits per heavy atom. The molecular formula is C7H13NO. The summed E-state index contributed by atoms with van der Waals surface area (Å²) in [6, 6.07) is 0. The lowest BCUT2D eigenvalue weighted by atomic mass is 10.1. The Morgan fingerprint density at radius 2 is 2.56 bits per heavy atom. The van der Waals surface area contributed by atoms with Crippen molar-refractivity contribution in [2.24, 2.45) is 5.92 Å². The lowest BCUT2D eigenvalue weighted by molar-refractivity contribution is -0.108. The van der Waals surface area contributed by atoms with Gasteiger partial charge in [0.25, 0.3) is 0 Å². The second kappa shape index (κ2) is 2.97. The van der Waals surface area contributed by atoms with Crippen LogP contribution >= 0.6 is 0 Å². The van der Waals surface area contributed by atoms with E-state index in [2.05, 4.69) is 11.9 Å². The van der Waals surface area contributed by atoms with Crippen molar-refractivity contribution in [3.63, 3.8) is 0 Å². The minimum Gasteiger partial charge on any atom is -0.306 e. The zero-order valence-electron chi connectivity index (χ0n) is 5.84. The molecule has 0 spiro atoms. The molecule has 0 aromatic carbocycles. The molecule has 2 nitrogen and oxygen atoms in total. The first-order chi connectivity index (χ1) is 4.33. The summed E-state index contributed by atoms with van der Waals surface area (Å²) in [5.41, 5.74) is 0. The van der Waals surface area contributed by atoms with Crippen LogP contribution in [-0.4, -0.2) is 31.3 Å².